The zero-order chi connectivity index (χ0) is 17.2. The first kappa shape index (κ1) is 15.7. The van der Waals surface area contributed by atoms with Gasteiger partial charge in [-0.1, -0.05) is 11.2 Å². The quantitative estimate of drug-likeness (QED) is 0.786. The summed E-state index contributed by atoms with van der Waals surface area (Å²) in [5, 5.41) is 6.21. The lowest BCUT2D eigenvalue weighted by Crippen LogP contribution is -2.12. The van der Waals surface area contributed by atoms with Gasteiger partial charge in [0.15, 0.2) is 0 Å². The molecule has 0 atom stereocenters. The summed E-state index contributed by atoms with van der Waals surface area (Å²) in [6.07, 6.45) is -2.86. The normalized spacial score (nSPS) is 11.3. The van der Waals surface area contributed by atoms with E-state index in [9.17, 15) is 18.0 Å². The van der Waals surface area contributed by atoms with E-state index in [0.29, 0.717) is 11.4 Å². The van der Waals surface area contributed by atoms with Crippen LogP contribution >= 0.6 is 0 Å². The maximum atomic E-state index is 12.5. The zero-order valence-electron chi connectivity index (χ0n) is 12.0. The maximum absolute atomic E-state index is 12.5. The average Bonchev–Trinajstić information content (AvgIpc) is 3.03. The Morgan fingerprint density at radius 2 is 1.79 bits per heavy atom. The first-order valence-electron chi connectivity index (χ1n) is 6.80. The molecule has 5 nitrogen and oxygen atoms in total. The van der Waals surface area contributed by atoms with Gasteiger partial charge in [0.25, 0.3) is 5.91 Å². The molecule has 0 saturated heterocycles. The Morgan fingerprint density at radius 1 is 1.04 bits per heavy atom. The molecule has 122 valence electrons. The van der Waals surface area contributed by atoms with Crippen molar-refractivity contribution >= 4 is 11.8 Å². The highest BCUT2D eigenvalue weighted by atomic mass is 19.4. The predicted octanol–water partition coefficient (Wildman–Crippen LogP) is 4.01. The Labute approximate surface area is 134 Å². The first-order valence-corrected chi connectivity index (χ1v) is 6.80. The third-order valence-corrected chi connectivity index (χ3v) is 3.15. The number of nitrogens with zero attached hydrogens (tertiary/aromatic N) is 2. The van der Waals surface area contributed by atoms with Crippen molar-refractivity contribution in [3.05, 3.63) is 65.9 Å². The van der Waals surface area contributed by atoms with E-state index in [0.717, 1.165) is 24.3 Å². The molecule has 8 heteroatoms. The largest absolute Gasteiger partial charge is 0.416 e. The van der Waals surface area contributed by atoms with Crippen molar-refractivity contribution in [1.29, 1.82) is 0 Å². The minimum Gasteiger partial charge on any atom is -0.338 e. The van der Waals surface area contributed by atoms with Gasteiger partial charge in [0.2, 0.25) is 5.88 Å². The highest BCUT2D eigenvalue weighted by molar-refractivity contribution is 6.03. The van der Waals surface area contributed by atoms with Crippen LogP contribution in [-0.2, 0) is 6.18 Å². The third-order valence-electron chi connectivity index (χ3n) is 3.15. The summed E-state index contributed by atoms with van der Waals surface area (Å²) in [4.78, 5) is 16.1. The van der Waals surface area contributed by atoms with Gasteiger partial charge >= 0.3 is 6.18 Å². The van der Waals surface area contributed by atoms with Gasteiger partial charge in [-0.05, 0) is 36.4 Å². The van der Waals surface area contributed by atoms with Gasteiger partial charge in [-0.25, -0.2) is 0 Å². The highest BCUT2D eigenvalue weighted by Crippen LogP contribution is 2.29. The van der Waals surface area contributed by atoms with E-state index in [1.165, 1.54) is 6.07 Å². The second-order valence-electron chi connectivity index (χ2n) is 4.82. The second kappa shape index (κ2) is 6.15. The monoisotopic (exact) mass is 333 g/mol. The van der Waals surface area contributed by atoms with Crippen LogP contribution in [0, 0.1) is 0 Å². The minimum absolute atomic E-state index is 0.0683. The average molecular weight is 333 g/mol. The topological polar surface area (TPSA) is 68.0 Å². The SMILES string of the molecule is O=C(Nc1cc(-c2ccccn2)no1)c1ccc(C(F)(F)F)cc1. The van der Waals surface area contributed by atoms with E-state index in [2.05, 4.69) is 15.5 Å². The fourth-order valence-corrected chi connectivity index (χ4v) is 1.96. The summed E-state index contributed by atoms with van der Waals surface area (Å²) in [6, 6.07) is 10.6. The number of hydrogen-bond acceptors (Lipinski definition) is 4. The van der Waals surface area contributed by atoms with Crippen LogP contribution in [0.4, 0.5) is 19.1 Å². The molecular formula is C16H10F3N3O2. The van der Waals surface area contributed by atoms with Crippen LogP contribution in [0.15, 0.2) is 59.3 Å². The van der Waals surface area contributed by atoms with Crippen molar-refractivity contribution in [2.24, 2.45) is 0 Å². The summed E-state index contributed by atoms with van der Waals surface area (Å²) in [5.74, 6) is -0.534. The summed E-state index contributed by atoms with van der Waals surface area (Å²) < 4.78 is 42.5. The lowest BCUT2D eigenvalue weighted by Gasteiger charge is -2.07. The summed E-state index contributed by atoms with van der Waals surface area (Å²) in [7, 11) is 0. The molecular weight excluding hydrogens is 323 g/mol. The Hall–Kier alpha value is -3.16. The van der Waals surface area contributed by atoms with E-state index in [-0.39, 0.29) is 11.4 Å². The smallest absolute Gasteiger partial charge is 0.338 e. The molecule has 0 radical (unpaired) electrons. The molecule has 1 N–H and O–H groups in total. The van der Waals surface area contributed by atoms with Gasteiger partial charge in [0.05, 0.1) is 11.3 Å². The number of amides is 1. The molecule has 3 aromatic rings. The van der Waals surface area contributed by atoms with Gasteiger partial charge in [0, 0.05) is 17.8 Å². The Morgan fingerprint density at radius 3 is 2.42 bits per heavy atom. The van der Waals surface area contributed by atoms with Gasteiger partial charge < -0.3 is 4.52 Å². The highest BCUT2D eigenvalue weighted by Gasteiger charge is 2.30. The standard InChI is InChI=1S/C16H10F3N3O2/c17-16(18,19)11-6-4-10(5-7-11)15(23)21-14-9-13(22-24-14)12-3-1-2-8-20-12/h1-9H,(H,21,23). The second-order valence-corrected chi connectivity index (χ2v) is 4.82. The van der Waals surface area contributed by atoms with Crippen LogP contribution in [0.3, 0.4) is 0 Å². The van der Waals surface area contributed by atoms with E-state index in [1.54, 1.807) is 24.4 Å². The fourth-order valence-electron chi connectivity index (χ4n) is 1.96. The van der Waals surface area contributed by atoms with Gasteiger partial charge in [-0.2, -0.15) is 13.2 Å². The van der Waals surface area contributed by atoms with Gasteiger partial charge in [-0.3, -0.25) is 15.1 Å². The molecule has 1 aromatic carbocycles. The summed E-state index contributed by atoms with van der Waals surface area (Å²) in [6.45, 7) is 0. The molecule has 2 aromatic heterocycles. The molecule has 0 aliphatic heterocycles. The number of carbonyl (C=O) groups excluding carboxylic acids is 1. The van der Waals surface area contributed by atoms with E-state index < -0.39 is 17.6 Å². The Kier molecular flexibility index (Phi) is 4.03. The van der Waals surface area contributed by atoms with Crippen LogP contribution in [-0.4, -0.2) is 16.0 Å². The van der Waals surface area contributed by atoms with Gasteiger partial charge in [0.1, 0.15) is 5.69 Å². The molecule has 0 aliphatic carbocycles. The van der Waals surface area contributed by atoms with Crippen molar-refractivity contribution < 1.29 is 22.5 Å². The van der Waals surface area contributed by atoms with Crippen LogP contribution < -0.4 is 5.32 Å². The molecule has 0 fully saturated rings. The number of alkyl halides is 3. The summed E-state index contributed by atoms with van der Waals surface area (Å²) in [5.41, 5.74) is 0.240. The molecule has 0 unspecified atom stereocenters. The number of carbonyl (C=O) groups is 1. The van der Waals surface area contributed by atoms with E-state index in [1.807, 2.05) is 0 Å². The summed E-state index contributed by atoms with van der Waals surface area (Å²) >= 11 is 0. The van der Waals surface area contributed by atoms with Crippen molar-refractivity contribution in [3.8, 4) is 11.4 Å². The van der Waals surface area contributed by atoms with Gasteiger partial charge in [-0.15, -0.1) is 0 Å². The molecule has 3 rings (SSSR count). The van der Waals surface area contributed by atoms with E-state index >= 15 is 0 Å². The Bertz CT molecular complexity index is 843. The fraction of sp³-hybridized carbons (Fsp3) is 0.0625. The molecule has 24 heavy (non-hydrogen) atoms. The number of aromatic nitrogens is 2. The van der Waals surface area contributed by atoms with Crippen LogP contribution in [0.2, 0.25) is 0 Å². The Balaban J connectivity index is 1.72. The first-order chi connectivity index (χ1) is 11.4. The minimum atomic E-state index is -4.45. The number of pyridine rings is 1. The zero-order valence-corrected chi connectivity index (χ0v) is 12.0. The number of nitrogens with one attached hydrogen (secondary N) is 1. The van der Waals surface area contributed by atoms with Crippen LogP contribution in [0.1, 0.15) is 15.9 Å². The number of rotatable bonds is 3. The molecule has 0 aliphatic rings. The number of halogens is 3. The van der Waals surface area contributed by atoms with Crippen molar-refractivity contribution in [1.82, 2.24) is 10.1 Å². The lowest BCUT2D eigenvalue weighted by molar-refractivity contribution is -0.137. The van der Waals surface area contributed by atoms with Crippen molar-refractivity contribution in [3.63, 3.8) is 0 Å². The third kappa shape index (κ3) is 3.43. The molecule has 0 spiro atoms. The van der Waals surface area contributed by atoms with Crippen LogP contribution in [0.25, 0.3) is 11.4 Å². The number of anilines is 1. The lowest BCUT2D eigenvalue weighted by atomic mass is 10.1. The number of benzene rings is 1. The molecule has 1 amide bonds. The molecule has 0 saturated carbocycles. The predicted molar refractivity (Wildman–Crippen MR) is 79.1 cm³/mol. The van der Waals surface area contributed by atoms with Crippen molar-refractivity contribution in [2.75, 3.05) is 5.32 Å². The maximum Gasteiger partial charge on any atom is 0.416 e. The van der Waals surface area contributed by atoms with Crippen LogP contribution in [0.5, 0.6) is 0 Å². The van der Waals surface area contributed by atoms with E-state index in [4.69, 9.17) is 4.52 Å². The van der Waals surface area contributed by atoms with Crippen molar-refractivity contribution in [2.45, 2.75) is 6.18 Å². The number of hydrogen-bond donors (Lipinski definition) is 1. The molecule has 0 bridgehead atoms. The molecule has 2 heterocycles.